The third kappa shape index (κ3) is 3.46. The first-order valence-corrected chi connectivity index (χ1v) is 8.43. The predicted octanol–water partition coefficient (Wildman–Crippen LogP) is 5.39. The first-order valence-electron chi connectivity index (χ1n) is 7.64. The summed E-state index contributed by atoms with van der Waals surface area (Å²) in [6.45, 7) is 5.31. The van der Waals surface area contributed by atoms with E-state index in [0.29, 0.717) is 0 Å². The number of furan rings is 2. The number of anilines is 1. The summed E-state index contributed by atoms with van der Waals surface area (Å²) in [7, 11) is 0. The minimum Gasteiger partial charge on any atom is -0.465 e. The second-order valence-corrected chi connectivity index (χ2v) is 6.66. The van der Waals surface area contributed by atoms with E-state index in [1.165, 1.54) is 6.92 Å². The highest BCUT2D eigenvalue weighted by molar-refractivity contribution is 9.10. The van der Waals surface area contributed by atoms with Crippen LogP contribution in [-0.4, -0.2) is 5.91 Å². The summed E-state index contributed by atoms with van der Waals surface area (Å²) in [5.41, 5.74) is 1.64. The molecule has 3 aromatic rings. The third-order valence-corrected chi connectivity index (χ3v) is 4.22. The lowest BCUT2D eigenvalue weighted by molar-refractivity contribution is -0.114. The van der Waals surface area contributed by atoms with Crippen molar-refractivity contribution in [2.45, 2.75) is 26.7 Å². The molecule has 1 amide bonds. The summed E-state index contributed by atoms with van der Waals surface area (Å²) in [5, 5.41) is 2.90. The van der Waals surface area contributed by atoms with Crippen LogP contribution >= 0.6 is 15.9 Å². The van der Waals surface area contributed by atoms with Gasteiger partial charge in [0.15, 0.2) is 0 Å². The highest BCUT2D eigenvalue weighted by atomic mass is 79.9. The Labute approximate surface area is 149 Å². The largest absolute Gasteiger partial charge is 0.465 e. The summed E-state index contributed by atoms with van der Waals surface area (Å²) in [4.78, 5) is 11.6. The number of halogens is 1. The van der Waals surface area contributed by atoms with Crippen LogP contribution in [0.2, 0.25) is 0 Å². The van der Waals surface area contributed by atoms with Crippen molar-refractivity contribution < 1.29 is 13.6 Å². The van der Waals surface area contributed by atoms with Gasteiger partial charge >= 0.3 is 0 Å². The summed E-state index contributed by atoms with van der Waals surface area (Å²) < 4.78 is 12.6. The van der Waals surface area contributed by atoms with Crippen molar-refractivity contribution in [1.82, 2.24) is 0 Å². The van der Waals surface area contributed by atoms with Gasteiger partial charge in [-0.2, -0.15) is 0 Å². The predicted molar refractivity (Wildman–Crippen MR) is 96.3 cm³/mol. The molecule has 24 heavy (non-hydrogen) atoms. The average Bonchev–Trinajstić information content (AvgIpc) is 3.10. The van der Waals surface area contributed by atoms with E-state index in [2.05, 4.69) is 21.2 Å². The number of carbonyl (C=O) groups excluding carboxylic acids is 1. The molecule has 2 aromatic heterocycles. The van der Waals surface area contributed by atoms with Crippen LogP contribution in [0, 0.1) is 13.8 Å². The first-order chi connectivity index (χ1) is 11.4. The maximum Gasteiger partial charge on any atom is 0.221 e. The second-order valence-electron chi connectivity index (χ2n) is 5.74. The van der Waals surface area contributed by atoms with Gasteiger partial charge in [-0.25, -0.2) is 0 Å². The maximum atomic E-state index is 11.6. The van der Waals surface area contributed by atoms with Crippen LogP contribution in [0.3, 0.4) is 0 Å². The zero-order chi connectivity index (χ0) is 17.3. The molecule has 1 N–H and O–H groups in total. The molecular weight excluding hydrogens is 370 g/mol. The van der Waals surface area contributed by atoms with Crippen LogP contribution in [0.5, 0.6) is 0 Å². The van der Waals surface area contributed by atoms with Crippen LogP contribution in [0.25, 0.3) is 0 Å². The highest BCUT2D eigenvalue weighted by Crippen LogP contribution is 2.38. The van der Waals surface area contributed by atoms with Gasteiger partial charge in [0, 0.05) is 17.1 Å². The van der Waals surface area contributed by atoms with Gasteiger partial charge in [-0.1, -0.05) is 22.0 Å². The molecule has 4 nitrogen and oxygen atoms in total. The molecule has 0 radical (unpaired) electrons. The summed E-state index contributed by atoms with van der Waals surface area (Å²) in [5.74, 6) is 2.85. The summed E-state index contributed by atoms with van der Waals surface area (Å²) in [6.07, 6.45) is 0. The molecule has 0 aliphatic heterocycles. The van der Waals surface area contributed by atoms with Gasteiger partial charge in [0.25, 0.3) is 0 Å². The first kappa shape index (κ1) is 16.6. The molecule has 124 valence electrons. The van der Waals surface area contributed by atoms with Gasteiger partial charge in [-0.3, -0.25) is 4.79 Å². The van der Waals surface area contributed by atoms with Crippen molar-refractivity contribution in [3.8, 4) is 0 Å². The molecule has 3 rings (SSSR count). The minimum absolute atomic E-state index is 0.126. The topological polar surface area (TPSA) is 55.4 Å². The summed E-state index contributed by atoms with van der Waals surface area (Å²) in [6, 6.07) is 13.5. The average molecular weight is 388 g/mol. The monoisotopic (exact) mass is 387 g/mol. The van der Waals surface area contributed by atoms with Crippen LogP contribution in [0.4, 0.5) is 5.69 Å². The zero-order valence-electron chi connectivity index (χ0n) is 13.7. The van der Waals surface area contributed by atoms with E-state index in [1.54, 1.807) is 0 Å². The van der Waals surface area contributed by atoms with Crippen molar-refractivity contribution in [3.05, 3.63) is 75.5 Å². The Bertz CT molecular complexity index is 838. The van der Waals surface area contributed by atoms with Gasteiger partial charge < -0.3 is 14.2 Å². The molecule has 0 fully saturated rings. The number of aryl methyl sites for hydroxylation is 2. The van der Waals surface area contributed by atoms with Crippen molar-refractivity contribution in [1.29, 1.82) is 0 Å². The summed E-state index contributed by atoms with van der Waals surface area (Å²) >= 11 is 3.46. The molecule has 0 atom stereocenters. The van der Waals surface area contributed by atoms with Crippen LogP contribution in [-0.2, 0) is 4.79 Å². The SMILES string of the molecule is CC(=O)Nc1cc(Br)ccc1C(c1ccc(C)o1)c1ccc(C)o1. The van der Waals surface area contributed by atoms with E-state index >= 15 is 0 Å². The lowest BCUT2D eigenvalue weighted by Gasteiger charge is -2.18. The number of rotatable bonds is 4. The van der Waals surface area contributed by atoms with Crippen LogP contribution in [0.1, 0.15) is 41.4 Å². The van der Waals surface area contributed by atoms with E-state index in [1.807, 2.05) is 56.3 Å². The fraction of sp³-hybridized carbons (Fsp3) is 0.211. The molecule has 0 spiro atoms. The molecule has 0 saturated heterocycles. The molecule has 0 bridgehead atoms. The maximum absolute atomic E-state index is 11.6. The fourth-order valence-electron chi connectivity index (χ4n) is 2.74. The number of amides is 1. The molecular formula is C19H18BrNO3. The number of benzene rings is 1. The highest BCUT2D eigenvalue weighted by Gasteiger charge is 2.26. The molecule has 1 aromatic carbocycles. The second kappa shape index (κ2) is 6.69. The van der Waals surface area contributed by atoms with Gasteiger partial charge in [0.2, 0.25) is 5.91 Å². The molecule has 5 heteroatoms. The Hall–Kier alpha value is -2.27. The number of hydrogen-bond donors (Lipinski definition) is 1. The Morgan fingerprint density at radius 2 is 1.58 bits per heavy atom. The van der Waals surface area contributed by atoms with E-state index in [-0.39, 0.29) is 11.8 Å². The zero-order valence-corrected chi connectivity index (χ0v) is 15.3. The van der Waals surface area contributed by atoms with E-state index in [0.717, 1.165) is 38.8 Å². The lowest BCUT2D eigenvalue weighted by atomic mass is 9.92. The molecule has 0 aliphatic rings. The number of carbonyl (C=O) groups is 1. The molecule has 0 saturated carbocycles. The Morgan fingerprint density at radius 1 is 1.00 bits per heavy atom. The van der Waals surface area contributed by atoms with Gasteiger partial charge in [-0.05, 0) is 55.8 Å². The van der Waals surface area contributed by atoms with E-state index in [9.17, 15) is 4.79 Å². The van der Waals surface area contributed by atoms with Crippen molar-refractivity contribution in [2.24, 2.45) is 0 Å². The minimum atomic E-state index is -0.234. The smallest absolute Gasteiger partial charge is 0.221 e. The van der Waals surface area contributed by atoms with Crippen molar-refractivity contribution >= 4 is 27.5 Å². The number of nitrogens with one attached hydrogen (secondary N) is 1. The Morgan fingerprint density at radius 3 is 2.04 bits per heavy atom. The van der Waals surface area contributed by atoms with Crippen LogP contribution in [0.15, 0.2) is 55.8 Å². The molecule has 0 aliphatic carbocycles. The third-order valence-electron chi connectivity index (χ3n) is 3.73. The fourth-order valence-corrected chi connectivity index (χ4v) is 3.10. The van der Waals surface area contributed by atoms with E-state index in [4.69, 9.17) is 8.83 Å². The number of hydrogen-bond acceptors (Lipinski definition) is 3. The molecule has 0 unspecified atom stereocenters. The van der Waals surface area contributed by atoms with Gasteiger partial charge in [0.1, 0.15) is 29.0 Å². The Balaban J connectivity index is 2.17. The van der Waals surface area contributed by atoms with Crippen molar-refractivity contribution in [2.75, 3.05) is 5.32 Å². The normalized spacial score (nSPS) is 11.0. The van der Waals surface area contributed by atoms with Crippen LogP contribution < -0.4 is 5.32 Å². The van der Waals surface area contributed by atoms with E-state index < -0.39 is 0 Å². The Kier molecular flexibility index (Phi) is 4.62. The standard InChI is InChI=1S/C19H18BrNO3/c1-11-4-8-17(23-11)19(18-9-5-12(2)24-18)15-7-6-14(20)10-16(15)21-13(3)22/h4-10,19H,1-3H3,(H,21,22). The lowest BCUT2D eigenvalue weighted by Crippen LogP contribution is -2.11. The quantitative estimate of drug-likeness (QED) is 0.652. The molecule has 2 heterocycles. The van der Waals surface area contributed by atoms with Gasteiger partial charge in [-0.15, -0.1) is 0 Å². The van der Waals surface area contributed by atoms with Gasteiger partial charge in [0.05, 0.1) is 0 Å². The van der Waals surface area contributed by atoms with Crippen molar-refractivity contribution in [3.63, 3.8) is 0 Å².